The lowest BCUT2D eigenvalue weighted by Gasteiger charge is -2.06. The van der Waals surface area contributed by atoms with Gasteiger partial charge in [0.15, 0.2) is 0 Å². The van der Waals surface area contributed by atoms with Crippen LogP contribution in [-0.4, -0.2) is 9.78 Å². The Kier molecular flexibility index (Phi) is 3.31. The lowest BCUT2D eigenvalue weighted by molar-refractivity contribution is 0.625. The standard InChI is InChI=1S/C11H11ClFN3S/c1-6-3-11(16(2)15-6)17-10-5-8(13)7(12)4-9(10)14/h3-5H,14H2,1-2H3. The van der Waals surface area contributed by atoms with E-state index in [1.54, 1.807) is 4.68 Å². The van der Waals surface area contributed by atoms with Crippen molar-refractivity contribution in [2.45, 2.75) is 16.8 Å². The summed E-state index contributed by atoms with van der Waals surface area (Å²) in [6.07, 6.45) is 0. The summed E-state index contributed by atoms with van der Waals surface area (Å²) >= 11 is 7.00. The van der Waals surface area contributed by atoms with Gasteiger partial charge in [0.05, 0.1) is 15.7 Å². The number of rotatable bonds is 2. The van der Waals surface area contributed by atoms with Gasteiger partial charge in [0.2, 0.25) is 0 Å². The molecule has 0 aliphatic heterocycles. The van der Waals surface area contributed by atoms with Gasteiger partial charge < -0.3 is 5.73 Å². The van der Waals surface area contributed by atoms with Crippen LogP contribution in [0, 0.1) is 12.7 Å². The molecule has 2 rings (SSSR count). The zero-order valence-electron chi connectivity index (χ0n) is 9.37. The third-order valence-electron chi connectivity index (χ3n) is 2.23. The molecule has 0 radical (unpaired) electrons. The van der Waals surface area contributed by atoms with E-state index in [1.807, 2.05) is 20.0 Å². The number of aromatic nitrogens is 2. The molecule has 90 valence electrons. The number of aryl methyl sites for hydroxylation is 2. The van der Waals surface area contributed by atoms with E-state index >= 15 is 0 Å². The molecular weight excluding hydrogens is 261 g/mol. The Morgan fingerprint density at radius 3 is 2.71 bits per heavy atom. The summed E-state index contributed by atoms with van der Waals surface area (Å²) in [5, 5.41) is 5.15. The van der Waals surface area contributed by atoms with Crippen LogP contribution >= 0.6 is 23.4 Å². The monoisotopic (exact) mass is 271 g/mol. The fourth-order valence-electron chi connectivity index (χ4n) is 1.43. The lowest BCUT2D eigenvalue weighted by Crippen LogP contribution is -1.94. The number of anilines is 1. The molecule has 1 aromatic carbocycles. The van der Waals surface area contributed by atoms with Gasteiger partial charge in [0.25, 0.3) is 0 Å². The maximum atomic E-state index is 13.3. The van der Waals surface area contributed by atoms with Crippen molar-refractivity contribution in [1.82, 2.24) is 9.78 Å². The fraction of sp³-hybridized carbons (Fsp3) is 0.182. The quantitative estimate of drug-likeness (QED) is 0.853. The van der Waals surface area contributed by atoms with Gasteiger partial charge in [-0.15, -0.1) is 0 Å². The number of halogens is 2. The summed E-state index contributed by atoms with van der Waals surface area (Å²) in [5.74, 6) is -0.470. The largest absolute Gasteiger partial charge is 0.398 e. The number of nitrogen functional groups attached to an aromatic ring is 1. The minimum absolute atomic E-state index is 0.0352. The first-order chi connectivity index (χ1) is 7.97. The van der Waals surface area contributed by atoms with Gasteiger partial charge in [0.1, 0.15) is 5.82 Å². The van der Waals surface area contributed by atoms with E-state index in [2.05, 4.69) is 5.10 Å². The molecule has 6 heteroatoms. The Morgan fingerprint density at radius 1 is 1.41 bits per heavy atom. The van der Waals surface area contributed by atoms with Gasteiger partial charge in [-0.25, -0.2) is 4.39 Å². The summed E-state index contributed by atoms with van der Waals surface area (Å²) in [4.78, 5) is 0.634. The molecule has 2 N–H and O–H groups in total. The van der Waals surface area contributed by atoms with Gasteiger partial charge in [0, 0.05) is 17.6 Å². The fourth-order valence-corrected chi connectivity index (χ4v) is 2.57. The first kappa shape index (κ1) is 12.3. The van der Waals surface area contributed by atoms with E-state index in [4.69, 9.17) is 17.3 Å². The van der Waals surface area contributed by atoms with Gasteiger partial charge in [-0.3, -0.25) is 4.68 Å². The van der Waals surface area contributed by atoms with Crippen LogP contribution in [0.2, 0.25) is 5.02 Å². The molecule has 0 spiro atoms. The van der Waals surface area contributed by atoms with E-state index < -0.39 is 5.82 Å². The van der Waals surface area contributed by atoms with Gasteiger partial charge in [-0.1, -0.05) is 23.4 Å². The molecule has 0 bridgehead atoms. The molecule has 0 unspecified atom stereocenters. The van der Waals surface area contributed by atoms with Crippen molar-refractivity contribution in [3.8, 4) is 0 Å². The lowest BCUT2D eigenvalue weighted by atomic mass is 10.3. The highest BCUT2D eigenvalue weighted by molar-refractivity contribution is 7.99. The minimum atomic E-state index is -0.470. The molecule has 0 saturated heterocycles. The van der Waals surface area contributed by atoms with Crippen LogP contribution in [0.1, 0.15) is 5.69 Å². The average molecular weight is 272 g/mol. The van der Waals surface area contributed by atoms with Gasteiger partial charge in [-0.2, -0.15) is 5.10 Å². The van der Waals surface area contributed by atoms with E-state index in [1.165, 1.54) is 23.9 Å². The summed E-state index contributed by atoms with van der Waals surface area (Å²) in [6.45, 7) is 1.90. The third kappa shape index (κ3) is 2.56. The average Bonchev–Trinajstić information content (AvgIpc) is 2.54. The summed E-state index contributed by atoms with van der Waals surface area (Å²) in [7, 11) is 1.83. The predicted octanol–water partition coefficient (Wildman–Crippen LogP) is 3.25. The molecular formula is C11H11ClFN3S. The molecule has 1 aromatic heterocycles. The number of nitrogens with zero attached hydrogens (tertiary/aromatic N) is 2. The molecule has 0 saturated carbocycles. The molecule has 0 atom stereocenters. The number of hydrogen-bond acceptors (Lipinski definition) is 3. The maximum Gasteiger partial charge on any atom is 0.143 e. The van der Waals surface area contributed by atoms with Crippen molar-refractivity contribution in [2.24, 2.45) is 7.05 Å². The highest BCUT2D eigenvalue weighted by Gasteiger charge is 2.10. The molecule has 0 fully saturated rings. The zero-order valence-corrected chi connectivity index (χ0v) is 10.9. The van der Waals surface area contributed by atoms with Crippen molar-refractivity contribution in [1.29, 1.82) is 0 Å². The number of hydrogen-bond donors (Lipinski definition) is 1. The second kappa shape index (κ2) is 4.58. The molecule has 17 heavy (non-hydrogen) atoms. The predicted molar refractivity (Wildman–Crippen MR) is 67.9 cm³/mol. The van der Waals surface area contributed by atoms with Crippen molar-refractivity contribution in [2.75, 3.05) is 5.73 Å². The minimum Gasteiger partial charge on any atom is -0.398 e. The highest BCUT2D eigenvalue weighted by Crippen LogP contribution is 2.34. The van der Waals surface area contributed by atoms with Crippen molar-refractivity contribution in [3.05, 3.63) is 34.7 Å². The topological polar surface area (TPSA) is 43.8 Å². The van der Waals surface area contributed by atoms with Crippen LogP contribution in [0.3, 0.4) is 0 Å². The first-order valence-corrected chi connectivity index (χ1v) is 6.10. The number of benzene rings is 1. The molecule has 0 aliphatic carbocycles. The Bertz CT molecular complexity index is 568. The molecule has 1 heterocycles. The molecule has 0 aliphatic rings. The molecule has 2 aromatic rings. The normalized spacial score (nSPS) is 10.8. The SMILES string of the molecule is Cc1cc(Sc2cc(F)c(Cl)cc2N)n(C)n1. The summed E-state index contributed by atoms with van der Waals surface area (Å²) in [5.41, 5.74) is 7.16. The Labute approximate surface area is 108 Å². The van der Waals surface area contributed by atoms with Crippen LogP contribution in [0.15, 0.2) is 28.1 Å². The molecule has 0 amide bonds. The van der Waals surface area contributed by atoms with E-state index in [9.17, 15) is 4.39 Å². The van der Waals surface area contributed by atoms with Crippen LogP contribution in [0.5, 0.6) is 0 Å². The van der Waals surface area contributed by atoms with Gasteiger partial charge in [-0.05, 0) is 25.1 Å². The molecule has 3 nitrogen and oxygen atoms in total. The Balaban J connectivity index is 2.36. The van der Waals surface area contributed by atoms with Crippen LogP contribution in [0.4, 0.5) is 10.1 Å². The smallest absolute Gasteiger partial charge is 0.143 e. The summed E-state index contributed by atoms with van der Waals surface area (Å²) in [6, 6.07) is 4.67. The Morgan fingerprint density at radius 2 is 2.12 bits per heavy atom. The second-order valence-electron chi connectivity index (χ2n) is 3.65. The zero-order chi connectivity index (χ0) is 12.6. The second-order valence-corrected chi connectivity index (χ2v) is 5.12. The number of nitrogens with two attached hydrogens (primary N) is 1. The van der Waals surface area contributed by atoms with Crippen LogP contribution < -0.4 is 5.73 Å². The first-order valence-electron chi connectivity index (χ1n) is 4.90. The van der Waals surface area contributed by atoms with Crippen molar-refractivity contribution < 1.29 is 4.39 Å². The van der Waals surface area contributed by atoms with E-state index in [-0.39, 0.29) is 5.02 Å². The van der Waals surface area contributed by atoms with Crippen molar-refractivity contribution in [3.63, 3.8) is 0 Å². The Hall–Kier alpha value is -1.20. The van der Waals surface area contributed by atoms with Gasteiger partial charge >= 0.3 is 0 Å². The highest BCUT2D eigenvalue weighted by atomic mass is 35.5. The maximum absolute atomic E-state index is 13.3. The third-order valence-corrected chi connectivity index (χ3v) is 3.68. The van der Waals surface area contributed by atoms with E-state index in [0.717, 1.165) is 10.7 Å². The van der Waals surface area contributed by atoms with E-state index in [0.29, 0.717) is 10.6 Å². The summed E-state index contributed by atoms with van der Waals surface area (Å²) < 4.78 is 15.1. The van der Waals surface area contributed by atoms with Crippen molar-refractivity contribution >= 4 is 29.1 Å². The van der Waals surface area contributed by atoms with Crippen LogP contribution in [0.25, 0.3) is 0 Å². The van der Waals surface area contributed by atoms with Crippen LogP contribution in [-0.2, 0) is 7.05 Å².